The van der Waals surface area contributed by atoms with E-state index in [0.29, 0.717) is 22.7 Å². The molecule has 1 aliphatic rings. The van der Waals surface area contributed by atoms with Crippen molar-refractivity contribution in [3.05, 3.63) is 80.4 Å². The van der Waals surface area contributed by atoms with Crippen molar-refractivity contribution in [2.45, 2.75) is 19.3 Å². The molecule has 1 saturated heterocycles. The number of thiophene rings is 1. The number of aromatic carboxylic acids is 1. The van der Waals surface area contributed by atoms with Crippen LogP contribution in [0.15, 0.2) is 58.8 Å². The third kappa shape index (κ3) is 7.20. The van der Waals surface area contributed by atoms with Crippen molar-refractivity contribution in [1.82, 2.24) is 4.90 Å². The van der Waals surface area contributed by atoms with Crippen LogP contribution in [0, 0.1) is 5.92 Å². The monoisotopic (exact) mass is 644 g/mol. The van der Waals surface area contributed by atoms with Crippen molar-refractivity contribution in [2.24, 2.45) is 5.92 Å². The number of hydrogen-bond donors (Lipinski definition) is 2. The number of nitrogens with zero attached hydrogens (tertiary/aromatic N) is 1. The number of anilines is 1. The molecular formula is C27H18F6N2O4S3. The Kier molecular flexibility index (Phi) is 8.85. The summed E-state index contributed by atoms with van der Waals surface area (Å²) in [6, 6.07) is 8.20. The van der Waals surface area contributed by atoms with Gasteiger partial charge >= 0.3 is 18.3 Å². The van der Waals surface area contributed by atoms with Crippen LogP contribution in [0.2, 0.25) is 0 Å². The minimum absolute atomic E-state index is 0.0455. The molecule has 1 aliphatic heterocycles. The van der Waals surface area contributed by atoms with Gasteiger partial charge in [-0.3, -0.25) is 14.5 Å². The average molecular weight is 645 g/mol. The Morgan fingerprint density at radius 2 is 1.60 bits per heavy atom. The van der Waals surface area contributed by atoms with Crippen molar-refractivity contribution in [1.29, 1.82) is 0 Å². The molecule has 1 unspecified atom stereocenters. The van der Waals surface area contributed by atoms with Crippen molar-refractivity contribution < 1.29 is 45.8 Å². The summed E-state index contributed by atoms with van der Waals surface area (Å²) < 4.78 is 79.7. The summed E-state index contributed by atoms with van der Waals surface area (Å²) >= 11 is 7.26. The Hall–Kier alpha value is -3.69. The normalized spacial score (nSPS) is 15.8. The average Bonchev–Trinajstić information content (AvgIpc) is 3.48. The fraction of sp³-hybridized carbons (Fsp3) is 0.185. The Labute approximate surface area is 248 Å². The van der Waals surface area contributed by atoms with Gasteiger partial charge < -0.3 is 10.4 Å². The van der Waals surface area contributed by atoms with E-state index in [1.807, 2.05) is 0 Å². The molecule has 1 atom stereocenters. The molecule has 0 bridgehead atoms. The maximum absolute atomic E-state index is 13.3. The van der Waals surface area contributed by atoms with Gasteiger partial charge in [0.05, 0.1) is 27.5 Å². The number of rotatable bonds is 7. The van der Waals surface area contributed by atoms with E-state index in [-0.39, 0.29) is 38.5 Å². The van der Waals surface area contributed by atoms with Crippen molar-refractivity contribution in [3.63, 3.8) is 0 Å². The number of benzene rings is 2. The SMILES string of the molecule is CC(CN1C(=O)/C(=C/c2cc(-c3cc(C(F)(F)F)cc(C(F)(F)F)c3)cs2)SC1=S)C(=O)Nc1ccc(C(=O)O)cc1. The summed E-state index contributed by atoms with van der Waals surface area (Å²) in [7, 11) is 0. The number of thioether (sulfide) groups is 1. The molecule has 220 valence electrons. The molecule has 1 aromatic heterocycles. The van der Waals surface area contributed by atoms with Gasteiger partial charge in [-0.1, -0.05) is 30.9 Å². The fourth-order valence-corrected chi connectivity index (χ4v) is 6.00. The summed E-state index contributed by atoms with van der Waals surface area (Å²) in [5, 5.41) is 13.0. The zero-order valence-corrected chi connectivity index (χ0v) is 23.6. The van der Waals surface area contributed by atoms with E-state index >= 15 is 0 Å². The van der Waals surface area contributed by atoms with Crippen LogP contribution in [-0.2, 0) is 21.9 Å². The molecule has 15 heteroatoms. The molecule has 2 heterocycles. The highest BCUT2D eigenvalue weighted by Gasteiger charge is 2.37. The lowest BCUT2D eigenvalue weighted by Gasteiger charge is -2.19. The van der Waals surface area contributed by atoms with Gasteiger partial charge in [0.1, 0.15) is 4.32 Å². The number of halogens is 6. The molecule has 3 aromatic rings. The van der Waals surface area contributed by atoms with E-state index < -0.39 is 47.2 Å². The highest BCUT2D eigenvalue weighted by atomic mass is 32.2. The standard InChI is InChI=1S/C27H18F6N2O4S3/c1-13(22(36)34-19-4-2-14(3-5-19)24(38)39)11-35-23(37)21(42-25(35)40)10-20-8-16(12-41-20)15-6-17(26(28,29)30)9-18(7-15)27(31,32)33/h2-10,12-13H,11H2,1H3,(H,34,36)(H,38,39)/b21-10-. The van der Waals surface area contributed by atoms with E-state index in [2.05, 4.69) is 5.32 Å². The van der Waals surface area contributed by atoms with E-state index in [0.717, 1.165) is 23.1 Å². The van der Waals surface area contributed by atoms with Crippen LogP contribution in [0.3, 0.4) is 0 Å². The number of nitrogens with one attached hydrogen (secondary N) is 1. The topological polar surface area (TPSA) is 86.7 Å². The zero-order chi connectivity index (χ0) is 31.0. The van der Waals surface area contributed by atoms with Gasteiger partial charge in [0.25, 0.3) is 5.91 Å². The van der Waals surface area contributed by atoms with Gasteiger partial charge in [-0.15, -0.1) is 11.3 Å². The van der Waals surface area contributed by atoms with E-state index in [9.17, 15) is 40.7 Å². The Morgan fingerprint density at radius 3 is 2.14 bits per heavy atom. The van der Waals surface area contributed by atoms with Crippen LogP contribution in [0.4, 0.5) is 32.0 Å². The fourth-order valence-electron chi connectivity index (χ4n) is 3.81. The first-order chi connectivity index (χ1) is 19.5. The minimum atomic E-state index is -4.98. The Morgan fingerprint density at radius 1 is 1.00 bits per heavy atom. The van der Waals surface area contributed by atoms with Gasteiger partial charge in [-0.25, -0.2) is 4.79 Å². The smallest absolute Gasteiger partial charge is 0.416 e. The first kappa shape index (κ1) is 31.3. The minimum Gasteiger partial charge on any atom is -0.478 e. The lowest BCUT2D eigenvalue weighted by molar-refractivity contribution is -0.143. The molecule has 0 spiro atoms. The Bertz CT molecular complexity index is 1560. The number of alkyl halides is 6. The summed E-state index contributed by atoms with van der Waals surface area (Å²) in [5.41, 5.74) is -2.63. The van der Waals surface area contributed by atoms with Crippen molar-refractivity contribution in [3.8, 4) is 11.1 Å². The maximum atomic E-state index is 13.3. The first-order valence-electron chi connectivity index (χ1n) is 11.8. The molecule has 42 heavy (non-hydrogen) atoms. The maximum Gasteiger partial charge on any atom is 0.416 e. The largest absolute Gasteiger partial charge is 0.478 e. The highest BCUT2D eigenvalue weighted by molar-refractivity contribution is 8.26. The molecule has 2 amide bonds. The number of carbonyl (C=O) groups excluding carboxylic acids is 2. The molecule has 6 nitrogen and oxygen atoms in total. The zero-order valence-electron chi connectivity index (χ0n) is 21.2. The summed E-state index contributed by atoms with van der Waals surface area (Å²) in [4.78, 5) is 38.5. The molecular weight excluding hydrogens is 626 g/mol. The molecule has 4 rings (SSSR count). The van der Waals surface area contributed by atoms with Gasteiger partial charge in [0, 0.05) is 17.1 Å². The number of thiocarbonyl (C=S) groups is 1. The lowest BCUT2D eigenvalue weighted by atomic mass is 10.0. The first-order valence-corrected chi connectivity index (χ1v) is 13.9. The third-order valence-corrected chi connectivity index (χ3v) is 8.25. The molecule has 1 fully saturated rings. The van der Waals surface area contributed by atoms with E-state index in [1.54, 1.807) is 6.92 Å². The van der Waals surface area contributed by atoms with Gasteiger partial charge in [0.2, 0.25) is 5.91 Å². The second kappa shape index (κ2) is 11.9. The predicted octanol–water partition coefficient (Wildman–Crippen LogP) is 7.63. The third-order valence-electron chi connectivity index (χ3n) is 5.99. The quantitative estimate of drug-likeness (QED) is 0.156. The second-order valence-corrected chi connectivity index (χ2v) is 11.7. The number of carboxylic acid groups (broad SMARTS) is 1. The number of amides is 2. The van der Waals surface area contributed by atoms with Crippen molar-refractivity contribution in [2.75, 3.05) is 11.9 Å². The van der Waals surface area contributed by atoms with E-state index in [4.69, 9.17) is 17.3 Å². The summed E-state index contributed by atoms with van der Waals surface area (Å²) in [5.74, 6) is -2.79. The number of carbonyl (C=O) groups is 3. The van der Waals surface area contributed by atoms with Gasteiger partial charge in [-0.2, -0.15) is 26.3 Å². The summed E-state index contributed by atoms with van der Waals surface area (Å²) in [6.07, 6.45) is -8.54. The molecule has 2 aromatic carbocycles. The van der Waals surface area contributed by atoms with Gasteiger partial charge in [-0.05, 0) is 71.1 Å². The van der Waals surface area contributed by atoms with Crippen LogP contribution in [0.5, 0.6) is 0 Å². The molecule has 2 N–H and O–H groups in total. The van der Waals surface area contributed by atoms with Gasteiger partial charge in [0.15, 0.2) is 0 Å². The Balaban J connectivity index is 1.48. The van der Waals surface area contributed by atoms with Crippen LogP contribution in [0.25, 0.3) is 17.2 Å². The predicted molar refractivity (Wildman–Crippen MR) is 151 cm³/mol. The highest BCUT2D eigenvalue weighted by Crippen LogP contribution is 2.40. The van der Waals surface area contributed by atoms with Crippen molar-refractivity contribution >= 4 is 69.2 Å². The number of carboxylic acids is 1. The van der Waals surface area contributed by atoms with Crippen LogP contribution >= 0.6 is 35.3 Å². The van der Waals surface area contributed by atoms with Crippen LogP contribution in [-0.4, -0.2) is 38.7 Å². The van der Waals surface area contributed by atoms with Crippen LogP contribution in [0.1, 0.15) is 33.3 Å². The molecule has 0 radical (unpaired) electrons. The van der Waals surface area contributed by atoms with Crippen LogP contribution < -0.4 is 5.32 Å². The second-order valence-electron chi connectivity index (χ2n) is 9.10. The molecule has 0 aliphatic carbocycles. The van der Waals surface area contributed by atoms with E-state index in [1.165, 1.54) is 46.7 Å². The number of hydrogen-bond acceptors (Lipinski definition) is 6. The molecule has 0 saturated carbocycles. The lowest BCUT2D eigenvalue weighted by Crippen LogP contribution is -2.36. The summed E-state index contributed by atoms with van der Waals surface area (Å²) in [6.45, 7) is 1.50.